The molecule has 1 aliphatic rings. The van der Waals surface area contributed by atoms with E-state index in [1.54, 1.807) is 0 Å². The summed E-state index contributed by atoms with van der Waals surface area (Å²) in [5.74, 6) is 0. The van der Waals surface area contributed by atoms with E-state index in [9.17, 15) is 0 Å². The summed E-state index contributed by atoms with van der Waals surface area (Å²) in [7, 11) is 0. The molecule has 0 spiro atoms. The third-order valence-electron chi connectivity index (χ3n) is 2.72. The van der Waals surface area contributed by atoms with Gasteiger partial charge in [-0.05, 0) is 45.1 Å². The van der Waals surface area contributed by atoms with Crippen LogP contribution in [0.4, 0.5) is 0 Å². The number of rotatable bonds is 6. The van der Waals surface area contributed by atoms with Crippen LogP contribution in [0.2, 0.25) is 0 Å². The lowest BCUT2D eigenvalue weighted by molar-refractivity contribution is 0.142. The molecular formula is C11H23NO2. The maximum atomic E-state index is 8.61. The highest BCUT2D eigenvalue weighted by Gasteiger charge is 2.10. The minimum atomic E-state index is 0.331. The van der Waals surface area contributed by atoms with Crippen LogP contribution in [0.3, 0.4) is 0 Å². The van der Waals surface area contributed by atoms with Gasteiger partial charge in [0, 0.05) is 25.9 Å². The Balaban J connectivity index is 1.93. The first-order valence-corrected chi connectivity index (χ1v) is 5.85. The molecule has 3 nitrogen and oxygen atoms in total. The van der Waals surface area contributed by atoms with E-state index in [0.29, 0.717) is 12.6 Å². The van der Waals surface area contributed by atoms with Crippen molar-refractivity contribution in [2.45, 2.75) is 44.6 Å². The van der Waals surface area contributed by atoms with Crippen molar-refractivity contribution in [1.82, 2.24) is 5.32 Å². The topological polar surface area (TPSA) is 41.5 Å². The monoisotopic (exact) mass is 201 g/mol. The molecule has 1 heterocycles. The Morgan fingerprint density at radius 2 is 2.07 bits per heavy atom. The van der Waals surface area contributed by atoms with Gasteiger partial charge in [-0.2, -0.15) is 0 Å². The molecule has 0 aromatic carbocycles. The maximum absolute atomic E-state index is 8.61. The Kier molecular flexibility index (Phi) is 7.01. The molecule has 0 aliphatic carbocycles. The first kappa shape index (κ1) is 12.0. The highest BCUT2D eigenvalue weighted by atomic mass is 16.5. The van der Waals surface area contributed by atoms with Crippen molar-refractivity contribution in [3.63, 3.8) is 0 Å². The maximum Gasteiger partial charge on any atom is 0.0480 e. The van der Waals surface area contributed by atoms with Gasteiger partial charge in [0.1, 0.15) is 0 Å². The molecule has 3 heteroatoms. The molecule has 1 rings (SSSR count). The van der Waals surface area contributed by atoms with Gasteiger partial charge in [0.2, 0.25) is 0 Å². The second-order valence-electron chi connectivity index (χ2n) is 3.98. The number of hydrogen-bond donors (Lipinski definition) is 2. The van der Waals surface area contributed by atoms with E-state index in [0.717, 1.165) is 39.0 Å². The number of nitrogens with one attached hydrogen (secondary N) is 1. The first-order valence-electron chi connectivity index (χ1n) is 5.85. The molecule has 1 unspecified atom stereocenters. The Morgan fingerprint density at radius 1 is 1.14 bits per heavy atom. The zero-order chi connectivity index (χ0) is 10.1. The lowest BCUT2D eigenvalue weighted by Crippen LogP contribution is -2.30. The van der Waals surface area contributed by atoms with Crippen LogP contribution in [-0.2, 0) is 4.74 Å². The van der Waals surface area contributed by atoms with Gasteiger partial charge in [-0.1, -0.05) is 0 Å². The van der Waals surface area contributed by atoms with Gasteiger partial charge in [0.15, 0.2) is 0 Å². The second kappa shape index (κ2) is 8.21. The standard InChI is InChI=1S/C11H23NO2/c13-8-3-1-2-7-12-11-5-4-9-14-10-6-11/h11-13H,1-10H2. The summed E-state index contributed by atoms with van der Waals surface area (Å²) in [4.78, 5) is 0. The quantitative estimate of drug-likeness (QED) is 0.637. The van der Waals surface area contributed by atoms with Gasteiger partial charge in [0.25, 0.3) is 0 Å². The summed E-state index contributed by atoms with van der Waals surface area (Å²) in [6, 6.07) is 0.659. The SMILES string of the molecule is OCCCCCNC1CCCOCC1. The van der Waals surface area contributed by atoms with Gasteiger partial charge in [-0.25, -0.2) is 0 Å². The third kappa shape index (κ3) is 5.58. The first-order chi connectivity index (χ1) is 6.93. The van der Waals surface area contributed by atoms with Crippen LogP contribution in [0.5, 0.6) is 0 Å². The minimum Gasteiger partial charge on any atom is -0.396 e. The van der Waals surface area contributed by atoms with Gasteiger partial charge in [-0.3, -0.25) is 0 Å². The molecule has 1 atom stereocenters. The van der Waals surface area contributed by atoms with Crippen LogP contribution in [0.25, 0.3) is 0 Å². The third-order valence-corrected chi connectivity index (χ3v) is 2.72. The van der Waals surface area contributed by atoms with Crippen molar-refractivity contribution in [3.8, 4) is 0 Å². The normalized spacial score (nSPS) is 23.4. The molecule has 2 N–H and O–H groups in total. The summed E-state index contributed by atoms with van der Waals surface area (Å²) >= 11 is 0. The Morgan fingerprint density at radius 3 is 2.93 bits per heavy atom. The molecular weight excluding hydrogens is 178 g/mol. The molecule has 14 heavy (non-hydrogen) atoms. The smallest absolute Gasteiger partial charge is 0.0480 e. The highest BCUT2D eigenvalue weighted by molar-refractivity contribution is 4.68. The fourth-order valence-electron chi connectivity index (χ4n) is 1.83. The van der Waals surface area contributed by atoms with Crippen molar-refractivity contribution in [2.75, 3.05) is 26.4 Å². The molecule has 1 fully saturated rings. The zero-order valence-corrected chi connectivity index (χ0v) is 9.00. The summed E-state index contributed by atoms with van der Waals surface area (Å²) in [5.41, 5.74) is 0. The van der Waals surface area contributed by atoms with Crippen LogP contribution in [0.1, 0.15) is 38.5 Å². The van der Waals surface area contributed by atoms with Crippen LogP contribution < -0.4 is 5.32 Å². The van der Waals surface area contributed by atoms with Gasteiger partial charge in [0.05, 0.1) is 0 Å². The van der Waals surface area contributed by atoms with Crippen molar-refractivity contribution in [1.29, 1.82) is 0 Å². The molecule has 0 saturated carbocycles. The van der Waals surface area contributed by atoms with Crippen molar-refractivity contribution in [2.24, 2.45) is 0 Å². The largest absolute Gasteiger partial charge is 0.396 e. The highest BCUT2D eigenvalue weighted by Crippen LogP contribution is 2.08. The predicted molar refractivity (Wildman–Crippen MR) is 57.4 cm³/mol. The van der Waals surface area contributed by atoms with Crippen LogP contribution >= 0.6 is 0 Å². The zero-order valence-electron chi connectivity index (χ0n) is 9.00. The van der Waals surface area contributed by atoms with E-state index in [-0.39, 0.29) is 0 Å². The summed E-state index contributed by atoms with van der Waals surface area (Å²) < 4.78 is 5.40. The number of aliphatic hydroxyl groups is 1. The fourth-order valence-corrected chi connectivity index (χ4v) is 1.83. The van der Waals surface area contributed by atoms with Crippen molar-refractivity contribution >= 4 is 0 Å². The average Bonchev–Trinajstić information content (AvgIpc) is 2.46. The minimum absolute atomic E-state index is 0.331. The van der Waals surface area contributed by atoms with Gasteiger partial charge >= 0.3 is 0 Å². The molecule has 0 aromatic rings. The average molecular weight is 201 g/mol. The lowest BCUT2D eigenvalue weighted by Gasteiger charge is -2.15. The predicted octanol–water partition coefficient (Wildman–Crippen LogP) is 1.31. The van der Waals surface area contributed by atoms with Crippen LogP contribution in [-0.4, -0.2) is 37.5 Å². The van der Waals surface area contributed by atoms with E-state index >= 15 is 0 Å². The van der Waals surface area contributed by atoms with E-state index in [4.69, 9.17) is 9.84 Å². The Hall–Kier alpha value is -0.120. The molecule has 1 saturated heterocycles. The van der Waals surface area contributed by atoms with E-state index in [2.05, 4.69) is 5.32 Å². The lowest BCUT2D eigenvalue weighted by atomic mass is 10.1. The fraction of sp³-hybridized carbons (Fsp3) is 1.00. The van der Waals surface area contributed by atoms with Gasteiger partial charge in [-0.15, -0.1) is 0 Å². The summed E-state index contributed by atoms with van der Waals surface area (Å²) in [6.45, 7) is 3.26. The van der Waals surface area contributed by atoms with E-state index < -0.39 is 0 Å². The number of aliphatic hydroxyl groups excluding tert-OH is 1. The van der Waals surface area contributed by atoms with E-state index in [1.807, 2.05) is 0 Å². The summed E-state index contributed by atoms with van der Waals surface area (Å²) in [5, 5.41) is 12.2. The number of hydrogen-bond acceptors (Lipinski definition) is 3. The van der Waals surface area contributed by atoms with Crippen LogP contribution in [0.15, 0.2) is 0 Å². The van der Waals surface area contributed by atoms with Gasteiger partial charge < -0.3 is 15.2 Å². The summed E-state index contributed by atoms with van der Waals surface area (Å²) in [6.07, 6.45) is 6.84. The molecule has 1 aliphatic heterocycles. The van der Waals surface area contributed by atoms with Crippen molar-refractivity contribution in [3.05, 3.63) is 0 Å². The van der Waals surface area contributed by atoms with E-state index in [1.165, 1.54) is 19.3 Å². The molecule has 0 bridgehead atoms. The molecule has 84 valence electrons. The number of ether oxygens (including phenoxy) is 1. The molecule has 0 amide bonds. The second-order valence-corrected chi connectivity index (χ2v) is 3.98. The molecule has 0 radical (unpaired) electrons. The Labute approximate surface area is 86.8 Å². The van der Waals surface area contributed by atoms with Crippen molar-refractivity contribution < 1.29 is 9.84 Å². The van der Waals surface area contributed by atoms with Crippen LogP contribution in [0, 0.1) is 0 Å². The Bertz CT molecular complexity index is 122. The number of unbranched alkanes of at least 4 members (excludes halogenated alkanes) is 2. The molecule has 0 aromatic heterocycles.